The van der Waals surface area contributed by atoms with Crippen LogP contribution < -0.4 is 10.6 Å². The summed E-state index contributed by atoms with van der Waals surface area (Å²) in [5, 5.41) is 8.22. The molecule has 130 valence electrons. The molecule has 2 aromatic carbocycles. The fourth-order valence-corrected chi connectivity index (χ4v) is 3.06. The molecule has 0 saturated heterocycles. The number of anilines is 3. The van der Waals surface area contributed by atoms with Gasteiger partial charge in [-0.25, -0.2) is 9.97 Å². The highest BCUT2D eigenvalue weighted by molar-refractivity contribution is 6.30. The first kappa shape index (κ1) is 16.4. The molecule has 0 aliphatic rings. The summed E-state index contributed by atoms with van der Waals surface area (Å²) >= 11 is 6.06. The maximum atomic E-state index is 6.06. The van der Waals surface area contributed by atoms with Crippen molar-refractivity contribution in [2.75, 3.05) is 17.2 Å². The number of nitrogens with one attached hydrogen (secondary N) is 3. The van der Waals surface area contributed by atoms with Crippen LogP contribution in [0.25, 0.3) is 22.3 Å². The molecule has 4 aromatic rings. The van der Waals surface area contributed by atoms with Crippen molar-refractivity contribution in [1.82, 2.24) is 15.0 Å². The highest BCUT2D eigenvalue weighted by Gasteiger charge is 2.10. The predicted molar refractivity (Wildman–Crippen MR) is 108 cm³/mol. The Morgan fingerprint density at radius 1 is 1.00 bits per heavy atom. The number of halogens is 1. The van der Waals surface area contributed by atoms with Crippen LogP contribution in [0.4, 0.5) is 17.2 Å². The number of H-pyrrole nitrogens is 1. The maximum Gasteiger partial charge on any atom is 0.143 e. The summed E-state index contributed by atoms with van der Waals surface area (Å²) in [6.45, 7) is 2.98. The molecule has 0 saturated carbocycles. The van der Waals surface area contributed by atoms with E-state index in [0.717, 1.165) is 46.0 Å². The van der Waals surface area contributed by atoms with Crippen LogP contribution in [0.15, 0.2) is 60.9 Å². The Morgan fingerprint density at radius 2 is 1.85 bits per heavy atom. The zero-order valence-electron chi connectivity index (χ0n) is 14.3. The number of hydrogen-bond donors (Lipinski definition) is 3. The van der Waals surface area contributed by atoms with Crippen molar-refractivity contribution in [2.45, 2.75) is 6.92 Å². The second-order valence-corrected chi connectivity index (χ2v) is 6.35. The average molecular weight is 364 g/mol. The normalized spacial score (nSPS) is 10.8. The molecule has 26 heavy (non-hydrogen) atoms. The zero-order valence-corrected chi connectivity index (χ0v) is 15.0. The van der Waals surface area contributed by atoms with Gasteiger partial charge in [0.15, 0.2) is 0 Å². The largest absolute Gasteiger partial charge is 0.385 e. The number of hydrogen-bond acceptors (Lipinski definition) is 4. The van der Waals surface area contributed by atoms with Gasteiger partial charge in [-0.15, -0.1) is 0 Å². The molecule has 5 nitrogen and oxygen atoms in total. The molecule has 0 amide bonds. The Bertz CT molecular complexity index is 1040. The number of aromatic nitrogens is 3. The van der Waals surface area contributed by atoms with Gasteiger partial charge in [0, 0.05) is 28.6 Å². The van der Waals surface area contributed by atoms with Crippen molar-refractivity contribution in [3.63, 3.8) is 0 Å². The van der Waals surface area contributed by atoms with Gasteiger partial charge >= 0.3 is 0 Å². The number of rotatable bonds is 5. The molecule has 0 fully saturated rings. The minimum Gasteiger partial charge on any atom is -0.385 e. The van der Waals surface area contributed by atoms with Crippen LogP contribution in [0.1, 0.15) is 6.92 Å². The molecule has 3 N–H and O–H groups in total. The van der Waals surface area contributed by atoms with Crippen molar-refractivity contribution in [3.8, 4) is 11.3 Å². The van der Waals surface area contributed by atoms with Crippen LogP contribution in [0.2, 0.25) is 5.02 Å². The number of benzene rings is 2. The highest BCUT2D eigenvalue weighted by atomic mass is 35.5. The Kier molecular flexibility index (Phi) is 4.46. The van der Waals surface area contributed by atoms with Crippen LogP contribution in [0.3, 0.4) is 0 Å². The molecule has 0 aliphatic carbocycles. The van der Waals surface area contributed by atoms with E-state index in [9.17, 15) is 0 Å². The molecule has 2 aromatic heterocycles. The van der Waals surface area contributed by atoms with Crippen molar-refractivity contribution >= 4 is 39.8 Å². The van der Waals surface area contributed by atoms with Crippen molar-refractivity contribution < 1.29 is 0 Å². The summed E-state index contributed by atoms with van der Waals surface area (Å²) in [5.41, 5.74) is 4.87. The van der Waals surface area contributed by atoms with Crippen LogP contribution >= 0.6 is 11.6 Å². The third-order valence-electron chi connectivity index (χ3n) is 4.09. The van der Waals surface area contributed by atoms with Gasteiger partial charge < -0.3 is 15.6 Å². The zero-order chi connectivity index (χ0) is 17.9. The molecule has 6 heteroatoms. The molecule has 0 aliphatic heterocycles. The first-order valence-corrected chi connectivity index (χ1v) is 8.81. The molecule has 2 heterocycles. The van der Waals surface area contributed by atoms with E-state index in [1.165, 1.54) is 0 Å². The minimum atomic E-state index is 0.677. The summed E-state index contributed by atoms with van der Waals surface area (Å²) in [6, 6.07) is 17.9. The number of aromatic amines is 1. The molecule has 0 unspecified atom stereocenters. The van der Waals surface area contributed by atoms with Crippen molar-refractivity contribution in [2.24, 2.45) is 0 Å². The van der Waals surface area contributed by atoms with Gasteiger partial charge in [0.2, 0.25) is 0 Å². The average Bonchev–Trinajstić information content (AvgIpc) is 3.08. The molecule has 0 radical (unpaired) electrons. The first-order chi connectivity index (χ1) is 12.7. The van der Waals surface area contributed by atoms with E-state index in [1.807, 2.05) is 24.3 Å². The second kappa shape index (κ2) is 7.06. The smallest absolute Gasteiger partial charge is 0.143 e. The summed E-state index contributed by atoms with van der Waals surface area (Å²) in [7, 11) is 0. The van der Waals surface area contributed by atoms with Crippen LogP contribution in [0, 0.1) is 0 Å². The van der Waals surface area contributed by atoms with Gasteiger partial charge in [-0.3, -0.25) is 0 Å². The lowest BCUT2D eigenvalue weighted by Crippen LogP contribution is -1.95. The second-order valence-electron chi connectivity index (χ2n) is 5.91. The monoisotopic (exact) mass is 363 g/mol. The topological polar surface area (TPSA) is 65.6 Å². The van der Waals surface area contributed by atoms with Crippen LogP contribution in [-0.2, 0) is 0 Å². The number of fused-ring (bicyclic) bond motifs is 1. The molecule has 0 atom stereocenters. The van der Waals surface area contributed by atoms with E-state index >= 15 is 0 Å². The first-order valence-electron chi connectivity index (χ1n) is 8.43. The SMILES string of the molecule is CCNc1ccc(-c2cc3c(Nc4cccc(Cl)c4)ncnc3[nH]2)cc1. The van der Waals surface area contributed by atoms with Gasteiger partial charge in [0.1, 0.15) is 17.8 Å². The lowest BCUT2D eigenvalue weighted by Gasteiger charge is -2.06. The van der Waals surface area contributed by atoms with Crippen molar-refractivity contribution in [1.29, 1.82) is 0 Å². The van der Waals surface area contributed by atoms with Crippen LogP contribution in [0.5, 0.6) is 0 Å². The van der Waals surface area contributed by atoms with Gasteiger partial charge in [-0.2, -0.15) is 0 Å². The lowest BCUT2D eigenvalue weighted by molar-refractivity contribution is 1.20. The van der Waals surface area contributed by atoms with Gasteiger partial charge in [0.25, 0.3) is 0 Å². The third-order valence-corrected chi connectivity index (χ3v) is 4.32. The van der Waals surface area contributed by atoms with E-state index in [1.54, 1.807) is 6.33 Å². The van der Waals surface area contributed by atoms with Gasteiger partial charge in [-0.1, -0.05) is 29.8 Å². The van der Waals surface area contributed by atoms with E-state index < -0.39 is 0 Å². The Hall–Kier alpha value is -3.05. The van der Waals surface area contributed by atoms with E-state index in [2.05, 4.69) is 62.8 Å². The third kappa shape index (κ3) is 3.34. The summed E-state index contributed by atoms with van der Waals surface area (Å²) in [4.78, 5) is 12.1. The lowest BCUT2D eigenvalue weighted by atomic mass is 10.1. The Morgan fingerprint density at radius 3 is 2.62 bits per heavy atom. The van der Waals surface area contributed by atoms with Gasteiger partial charge in [-0.05, 0) is 48.9 Å². The maximum absolute atomic E-state index is 6.06. The minimum absolute atomic E-state index is 0.677. The van der Waals surface area contributed by atoms with Gasteiger partial charge in [0.05, 0.1) is 5.39 Å². The number of nitrogens with zero attached hydrogens (tertiary/aromatic N) is 2. The van der Waals surface area contributed by atoms with Crippen molar-refractivity contribution in [3.05, 3.63) is 65.9 Å². The van der Waals surface area contributed by atoms with E-state index in [-0.39, 0.29) is 0 Å². The Labute approximate surface area is 156 Å². The van der Waals surface area contributed by atoms with E-state index in [4.69, 9.17) is 11.6 Å². The summed E-state index contributed by atoms with van der Waals surface area (Å²) in [5.74, 6) is 0.740. The van der Waals surface area contributed by atoms with E-state index in [0.29, 0.717) is 5.02 Å². The van der Waals surface area contributed by atoms with Crippen LogP contribution in [-0.4, -0.2) is 21.5 Å². The molecule has 0 spiro atoms. The highest BCUT2D eigenvalue weighted by Crippen LogP contribution is 2.29. The quantitative estimate of drug-likeness (QED) is 0.441. The summed E-state index contributed by atoms with van der Waals surface area (Å²) in [6.07, 6.45) is 1.55. The summed E-state index contributed by atoms with van der Waals surface area (Å²) < 4.78 is 0. The fraction of sp³-hybridized carbons (Fsp3) is 0.100. The molecule has 0 bridgehead atoms. The Balaban J connectivity index is 1.69. The standard InChI is InChI=1S/C20H18ClN5/c1-2-22-15-8-6-13(7-9-15)18-11-17-19(23-12-24-20(17)26-18)25-16-5-3-4-14(21)10-16/h3-12,22H,2H2,1H3,(H2,23,24,25,26). The molecular weight excluding hydrogens is 346 g/mol. The fourth-order valence-electron chi connectivity index (χ4n) is 2.87. The molecule has 4 rings (SSSR count). The molecular formula is C20H18ClN5. The predicted octanol–water partition coefficient (Wildman–Crippen LogP) is 5.45.